The molecule has 0 radical (unpaired) electrons. The molecule has 7 heterocycles. The predicted octanol–water partition coefficient (Wildman–Crippen LogP) is 6.30. The smallest absolute Gasteiger partial charge is 0.248 e. The minimum absolute atomic E-state index is 0.216. The van der Waals surface area contributed by atoms with Crippen molar-refractivity contribution in [3.8, 4) is 33.9 Å². The molecule has 15 heteroatoms. The summed E-state index contributed by atoms with van der Waals surface area (Å²) in [5, 5.41) is 29.9. The molecule has 7 aromatic rings. The second-order valence-electron chi connectivity index (χ2n) is 14.4. The molecular weight excluding hydrogens is 747 g/mol. The van der Waals surface area contributed by atoms with Gasteiger partial charge in [-0.25, -0.2) is 9.36 Å². The number of aryl methyl sites for hydroxylation is 1. The lowest BCUT2D eigenvalue weighted by Crippen LogP contribution is -2.45. The number of likely N-dealkylation sites (N-methyl/N-ethyl adjacent to an activating group) is 1. The van der Waals surface area contributed by atoms with Crippen LogP contribution in [0.3, 0.4) is 0 Å². The van der Waals surface area contributed by atoms with Gasteiger partial charge in [0, 0.05) is 56.5 Å². The predicted molar refractivity (Wildman–Crippen MR) is 222 cm³/mol. The fourth-order valence-corrected chi connectivity index (χ4v) is 8.08. The van der Waals surface area contributed by atoms with Gasteiger partial charge in [0.1, 0.15) is 17.1 Å². The summed E-state index contributed by atoms with van der Waals surface area (Å²) < 4.78 is 3.84. The lowest BCUT2D eigenvalue weighted by atomic mass is 10.1. The summed E-state index contributed by atoms with van der Waals surface area (Å²) >= 11 is 13.5. The van der Waals surface area contributed by atoms with Gasteiger partial charge in [-0.2, -0.15) is 10.2 Å². The van der Waals surface area contributed by atoms with Gasteiger partial charge in [0.15, 0.2) is 11.3 Å². The number of nitrogens with one attached hydrogen (secondary N) is 1. The van der Waals surface area contributed by atoms with Gasteiger partial charge in [-0.3, -0.25) is 9.69 Å². The number of rotatable bonds is 9. The average molecular weight is 792 g/mol. The van der Waals surface area contributed by atoms with Crippen molar-refractivity contribution in [3.05, 3.63) is 105 Å². The zero-order valence-electron chi connectivity index (χ0n) is 31.6. The quantitative estimate of drug-likeness (QED) is 0.178. The van der Waals surface area contributed by atoms with E-state index in [2.05, 4.69) is 52.2 Å². The van der Waals surface area contributed by atoms with E-state index in [0.29, 0.717) is 39.3 Å². The number of H-pyrrole nitrogens is 1. The van der Waals surface area contributed by atoms with Crippen molar-refractivity contribution in [3.63, 3.8) is 0 Å². The van der Waals surface area contributed by atoms with Crippen LogP contribution in [-0.2, 0) is 13.1 Å². The van der Waals surface area contributed by atoms with Gasteiger partial charge < -0.3 is 14.8 Å². The number of hydrogen-bond acceptors (Lipinski definition) is 10. The van der Waals surface area contributed by atoms with Crippen LogP contribution in [0, 0.1) is 6.92 Å². The van der Waals surface area contributed by atoms with Crippen LogP contribution in [0.15, 0.2) is 83.7 Å². The summed E-state index contributed by atoms with van der Waals surface area (Å²) in [5.41, 5.74) is 6.48. The second-order valence-corrected chi connectivity index (χ2v) is 15.1. The summed E-state index contributed by atoms with van der Waals surface area (Å²) in [4.78, 5) is 21.9. The molecule has 9 rings (SSSR count). The van der Waals surface area contributed by atoms with E-state index in [1.165, 1.54) is 32.0 Å². The van der Waals surface area contributed by atoms with Gasteiger partial charge in [0.25, 0.3) is 0 Å². The lowest BCUT2D eigenvalue weighted by molar-refractivity contribution is 0.149. The highest BCUT2D eigenvalue weighted by Crippen LogP contribution is 2.37. The van der Waals surface area contributed by atoms with Crippen LogP contribution in [0.4, 0.5) is 0 Å². The molecule has 288 valence electrons. The van der Waals surface area contributed by atoms with Crippen molar-refractivity contribution in [2.24, 2.45) is 0 Å². The van der Waals surface area contributed by atoms with E-state index >= 15 is 0 Å². The Morgan fingerprint density at radius 3 is 1.79 bits per heavy atom. The van der Waals surface area contributed by atoms with Crippen molar-refractivity contribution >= 4 is 45.3 Å². The lowest BCUT2D eigenvalue weighted by Gasteiger charge is -2.32. The van der Waals surface area contributed by atoms with Crippen LogP contribution in [0.2, 0.25) is 10.0 Å². The Kier molecular flexibility index (Phi) is 11.5. The van der Waals surface area contributed by atoms with Crippen LogP contribution in [0.5, 0.6) is 0 Å². The molecule has 0 saturated carbocycles. The Morgan fingerprint density at radius 1 is 0.589 bits per heavy atom. The Labute approximate surface area is 334 Å². The van der Waals surface area contributed by atoms with Gasteiger partial charge in [0.05, 0.1) is 45.3 Å². The molecule has 56 heavy (non-hydrogen) atoms. The molecule has 0 bridgehead atoms. The van der Waals surface area contributed by atoms with Crippen molar-refractivity contribution in [2.45, 2.75) is 32.9 Å². The number of aromatic amines is 1. The second kappa shape index (κ2) is 17.0. The van der Waals surface area contributed by atoms with E-state index in [9.17, 15) is 4.79 Å². The monoisotopic (exact) mass is 790 g/mol. The molecule has 2 aromatic carbocycles. The Bertz CT molecular complexity index is 2490. The molecule has 0 atom stereocenters. The molecule has 0 amide bonds. The van der Waals surface area contributed by atoms with E-state index < -0.39 is 0 Å². The van der Waals surface area contributed by atoms with Crippen molar-refractivity contribution in [1.82, 2.24) is 59.6 Å². The highest BCUT2D eigenvalue weighted by molar-refractivity contribution is 6.38. The fourth-order valence-electron chi connectivity index (χ4n) is 7.40. The normalized spacial score (nSPS) is 15.4. The van der Waals surface area contributed by atoms with Gasteiger partial charge >= 0.3 is 0 Å². The Hall–Kier alpha value is -5.05. The molecule has 0 aliphatic carbocycles. The number of benzene rings is 2. The van der Waals surface area contributed by atoms with E-state index in [-0.39, 0.29) is 5.56 Å². The van der Waals surface area contributed by atoms with Gasteiger partial charge in [0.2, 0.25) is 5.56 Å². The van der Waals surface area contributed by atoms with Crippen molar-refractivity contribution in [1.29, 1.82) is 0 Å². The molecule has 0 spiro atoms. The number of fused-ring (bicyclic) bond motifs is 2. The zero-order valence-corrected chi connectivity index (χ0v) is 33.1. The standard InChI is InChI=1S/C23H24ClN7O.C18H20ClN5/c1-29-10-12-30(13-11-29)14-15-31-23-19(21(28-31)16-6-3-2-4-7-16)20(24)22(26-27-23)17-8-5-9-18(32)25-17;1-13-15-16(19)17(14-7-3-2-4-8-14)20-21-18(15)24(22-13)12-11-23-9-5-6-10-23/h2-9H,10-15H2,1H3,(H,25,32);2-4,7-8H,5-6,9-12H2,1H3. The zero-order chi connectivity index (χ0) is 38.6. The van der Waals surface area contributed by atoms with E-state index in [1.54, 1.807) is 12.1 Å². The number of hydrogen-bond donors (Lipinski definition) is 1. The first kappa shape index (κ1) is 37.9. The highest BCUT2D eigenvalue weighted by Gasteiger charge is 2.23. The third kappa shape index (κ3) is 8.09. The number of pyridine rings is 1. The maximum atomic E-state index is 11.8. The molecule has 0 unspecified atom stereocenters. The number of nitrogens with zero attached hydrogens (tertiary/aromatic N) is 11. The van der Waals surface area contributed by atoms with Gasteiger partial charge in [-0.05, 0) is 46.0 Å². The molecule has 13 nitrogen and oxygen atoms in total. The van der Waals surface area contributed by atoms with Crippen LogP contribution in [-0.4, -0.2) is 119 Å². The van der Waals surface area contributed by atoms with E-state index in [0.717, 1.165) is 84.7 Å². The molecule has 2 aliphatic rings. The summed E-state index contributed by atoms with van der Waals surface area (Å²) in [6.07, 6.45) is 2.59. The summed E-state index contributed by atoms with van der Waals surface area (Å²) in [5.74, 6) is 0. The fraction of sp³-hybridized carbons (Fsp3) is 0.341. The first-order valence-electron chi connectivity index (χ1n) is 19.1. The maximum Gasteiger partial charge on any atom is 0.248 e. The highest BCUT2D eigenvalue weighted by atomic mass is 35.5. The molecule has 1 N–H and O–H groups in total. The molecule has 2 saturated heterocycles. The number of aromatic nitrogens is 9. The van der Waals surface area contributed by atoms with Crippen LogP contribution < -0.4 is 5.56 Å². The molecule has 2 fully saturated rings. The van der Waals surface area contributed by atoms with Gasteiger partial charge in [-0.15, -0.1) is 20.4 Å². The third-order valence-corrected chi connectivity index (χ3v) is 11.3. The van der Waals surface area contributed by atoms with Gasteiger partial charge in [-0.1, -0.05) is 89.9 Å². The molecule has 5 aromatic heterocycles. The Morgan fingerprint density at radius 2 is 1.14 bits per heavy atom. The van der Waals surface area contributed by atoms with E-state index in [4.69, 9.17) is 28.3 Å². The maximum absolute atomic E-state index is 11.8. The van der Waals surface area contributed by atoms with Crippen molar-refractivity contribution < 1.29 is 0 Å². The summed E-state index contributed by atoms with van der Waals surface area (Å²) in [7, 11) is 2.15. The summed E-state index contributed by atoms with van der Waals surface area (Å²) in [6, 6.07) is 24.7. The van der Waals surface area contributed by atoms with Crippen molar-refractivity contribution in [2.75, 3.05) is 59.4 Å². The largest absolute Gasteiger partial charge is 0.320 e. The number of likely N-dealkylation sites (tertiary alicyclic amines) is 1. The Balaban J connectivity index is 0.000000164. The average Bonchev–Trinajstić information content (AvgIpc) is 3.96. The first-order chi connectivity index (χ1) is 27.3. The first-order valence-corrected chi connectivity index (χ1v) is 19.9. The number of piperazine rings is 1. The van der Waals surface area contributed by atoms with E-state index in [1.807, 2.05) is 77.0 Å². The minimum Gasteiger partial charge on any atom is -0.320 e. The third-order valence-electron chi connectivity index (χ3n) is 10.5. The molecular formula is C41H44Cl2N12O. The van der Waals surface area contributed by atoms with Crippen LogP contribution >= 0.6 is 23.2 Å². The SMILES string of the molecule is CN1CCN(CCn2nc(-c3ccccc3)c3c(Cl)c(-c4cccc(=O)[nH]4)nnc32)CC1.Cc1nn(CCN2CCCC2)c2nnc(-c3ccccc3)c(Cl)c12. The number of halogens is 2. The summed E-state index contributed by atoms with van der Waals surface area (Å²) in [6.45, 7) is 12.0. The van der Waals surface area contributed by atoms with Crippen LogP contribution in [0.1, 0.15) is 18.5 Å². The minimum atomic E-state index is -0.216. The molecule has 2 aliphatic heterocycles. The van der Waals surface area contributed by atoms with Crippen LogP contribution in [0.25, 0.3) is 56.0 Å². The topological polar surface area (TPSA) is 130 Å².